The minimum absolute atomic E-state index is 0.446. The molecule has 0 bridgehead atoms. The minimum atomic E-state index is 0.446. The van der Waals surface area contributed by atoms with Crippen molar-refractivity contribution in [1.29, 1.82) is 0 Å². The summed E-state index contributed by atoms with van der Waals surface area (Å²) in [6.07, 6.45) is 0.716. The zero-order valence-corrected chi connectivity index (χ0v) is 13.2. The van der Waals surface area contributed by atoms with E-state index >= 15 is 0 Å². The van der Waals surface area contributed by atoms with E-state index in [4.69, 9.17) is 4.74 Å². The molecule has 1 N–H and O–H groups in total. The van der Waals surface area contributed by atoms with Gasteiger partial charge in [0.25, 0.3) is 0 Å². The molecule has 1 aromatic heterocycles. The quantitative estimate of drug-likeness (QED) is 0.886. The molecular weight excluding hydrogens is 262 g/mol. The Morgan fingerprint density at radius 2 is 2.00 bits per heavy atom. The molecule has 1 heterocycles. The van der Waals surface area contributed by atoms with Crippen LogP contribution in [-0.2, 0) is 13.0 Å². The fraction of sp³-hybridized carbons (Fsp3) is 0.412. The van der Waals surface area contributed by atoms with Crippen LogP contribution in [0.15, 0.2) is 30.3 Å². The van der Waals surface area contributed by atoms with Crippen molar-refractivity contribution in [2.75, 3.05) is 7.11 Å². The summed E-state index contributed by atoms with van der Waals surface area (Å²) in [5.74, 6) is 1.71. The Kier molecular flexibility index (Phi) is 5.28. The van der Waals surface area contributed by atoms with Crippen LogP contribution in [0.3, 0.4) is 0 Å². The summed E-state index contributed by atoms with van der Waals surface area (Å²) in [6.45, 7) is 7.04. The highest BCUT2D eigenvalue weighted by molar-refractivity contribution is 5.30. The van der Waals surface area contributed by atoms with Gasteiger partial charge in [-0.25, -0.2) is 9.97 Å². The van der Waals surface area contributed by atoms with Crippen molar-refractivity contribution in [1.82, 2.24) is 15.3 Å². The van der Waals surface area contributed by atoms with E-state index < -0.39 is 0 Å². The van der Waals surface area contributed by atoms with Crippen molar-refractivity contribution in [2.24, 2.45) is 0 Å². The van der Waals surface area contributed by atoms with Crippen LogP contribution in [0.25, 0.3) is 0 Å². The summed E-state index contributed by atoms with van der Waals surface area (Å²) in [5, 5.41) is 3.39. The van der Waals surface area contributed by atoms with Gasteiger partial charge < -0.3 is 10.1 Å². The molecule has 0 saturated carbocycles. The third-order valence-electron chi connectivity index (χ3n) is 3.14. The molecule has 0 aliphatic carbocycles. The second-order valence-corrected chi connectivity index (χ2v) is 5.48. The fourth-order valence-electron chi connectivity index (χ4n) is 2.14. The van der Waals surface area contributed by atoms with Gasteiger partial charge in [0.15, 0.2) is 0 Å². The lowest BCUT2D eigenvalue weighted by atomic mass is 10.1. The topological polar surface area (TPSA) is 47.0 Å². The van der Waals surface area contributed by atoms with E-state index in [0.29, 0.717) is 12.5 Å². The Morgan fingerprint density at radius 3 is 2.71 bits per heavy atom. The molecule has 4 heteroatoms. The molecule has 0 saturated heterocycles. The molecule has 0 fully saturated rings. The number of hydrogen-bond donors (Lipinski definition) is 1. The van der Waals surface area contributed by atoms with Gasteiger partial charge in [-0.2, -0.15) is 0 Å². The molecule has 112 valence electrons. The highest BCUT2D eigenvalue weighted by atomic mass is 16.5. The third-order valence-corrected chi connectivity index (χ3v) is 3.14. The average Bonchev–Trinajstić information content (AvgIpc) is 2.45. The van der Waals surface area contributed by atoms with E-state index in [1.807, 2.05) is 31.2 Å². The molecule has 0 aliphatic rings. The molecule has 4 nitrogen and oxygen atoms in total. The normalized spacial score (nSPS) is 10.9. The van der Waals surface area contributed by atoms with Gasteiger partial charge in [0.2, 0.25) is 0 Å². The maximum absolute atomic E-state index is 5.25. The Hall–Kier alpha value is -1.94. The predicted molar refractivity (Wildman–Crippen MR) is 84.5 cm³/mol. The first-order chi connectivity index (χ1) is 10.1. The number of benzene rings is 1. The van der Waals surface area contributed by atoms with Crippen molar-refractivity contribution < 1.29 is 4.74 Å². The van der Waals surface area contributed by atoms with Crippen molar-refractivity contribution in [2.45, 2.75) is 39.8 Å². The second-order valence-electron chi connectivity index (χ2n) is 5.48. The lowest BCUT2D eigenvalue weighted by Gasteiger charge is -2.10. The maximum atomic E-state index is 5.25. The van der Waals surface area contributed by atoms with E-state index in [0.717, 1.165) is 35.1 Å². The first kappa shape index (κ1) is 15.4. The zero-order valence-electron chi connectivity index (χ0n) is 13.2. The fourth-order valence-corrected chi connectivity index (χ4v) is 2.14. The summed E-state index contributed by atoms with van der Waals surface area (Å²) in [4.78, 5) is 9.17. The molecule has 0 amide bonds. The van der Waals surface area contributed by atoms with Crippen LogP contribution in [-0.4, -0.2) is 23.1 Å². The van der Waals surface area contributed by atoms with Crippen molar-refractivity contribution in [3.63, 3.8) is 0 Å². The highest BCUT2D eigenvalue weighted by Crippen LogP contribution is 2.15. The first-order valence-corrected chi connectivity index (χ1v) is 7.26. The molecule has 0 spiro atoms. The van der Waals surface area contributed by atoms with Gasteiger partial charge in [0, 0.05) is 24.7 Å². The van der Waals surface area contributed by atoms with Gasteiger partial charge in [0.1, 0.15) is 11.6 Å². The average molecular weight is 285 g/mol. The number of ether oxygens (including phenoxy) is 1. The summed E-state index contributed by atoms with van der Waals surface area (Å²) in [7, 11) is 1.68. The Bertz CT molecular complexity index is 596. The highest BCUT2D eigenvalue weighted by Gasteiger charge is 2.05. The summed E-state index contributed by atoms with van der Waals surface area (Å²) < 4.78 is 5.25. The lowest BCUT2D eigenvalue weighted by Crippen LogP contribution is -2.23. The number of nitrogens with zero attached hydrogens (tertiary/aromatic N) is 2. The van der Waals surface area contributed by atoms with Crippen LogP contribution in [0, 0.1) is 6.92 Å². The van der Waals surface area contributed by atoms with Gasteiger partial charge >= 0.3 is 0 Å². The second kappa shape index (κ2) is 7.18. The van der Waals surface area contributed by atoms with E-state index in [1.54, 1.807) is 7.11 Å². The molecule has 1 aromatic carbocycles. The largest absolute Gasteiger partial charge is 0.497 e. The predicted octanol–water partition coefficient (Wildman–Crippen LogP) is 2.88. The Morgan fingerprint density at radius 1 is 1.19 bits per heavy atom. The van der Waals surface area contributed by atoms with Crippen LogP contribution in [0.2, 0.25) is 0 Å². The standard InChI is InChI=1S/C17H23N3O/c1-12(2)18-11-15-8-13(3)19-17(20-15)10-14-6-5-7-16(9-14)21-4/h5-9,12,18H,10-11H2,1-4H3. The van der Waals surface area contributed by atoms with E-state index in [1.165, 1.54) is 0 Å². The van der Waals surface area contributed by atoms with Crippen LogP contribution in [0.4, 0.5) is 0 Å². The van der Waals surface area contributed by atoms with E-state index in [2.05, 4.69) is 35.2 Å². The molecular formula is C17H23N3O. The Balaban J connectivity index is 2.15. The van der Waals surface area contributed by atoms with Gasteiger partial charge in [0.05, 0.1) is 12.8 Å². The summed E-state index contributed by atoms with van der Waals surface area (Å²) in [6, 6.07) is 10.5. The molecule has 21 heavy (non-hydrogen) atoms. The lowest BCUT2D eigenvalue weighted by molar-refractivity contribution is 0.414. The molecule has 0 atom stereocenters. The monoisotopic (exact) mass is 285 g/mol. The van der Waals surface area contributed by atoms with Crippen LogP contribution in [0.1, 0.15) is 36.6 Å². The molecule has 2 rings (SSSR count). The number of aromatic nitrogens is 2. The molecule has 0 unspecified atom stereocenters. The number of methoxy groups -OCH3 is 1. The SMILES string of the molecule is COc1cccc(Cc2nc(C)cc(CNC(C)C)n2)c1. The Labute approximate surface area is 126 Å². The van der Waals surface area contributed by atoms with Crippen LogP contribution < -0.4 is 10.1 Å². The van der Waals surface area contributed by atoms with Crippen molar-refractivity contribution in [3.8, 4) is 5.75 Å². The third kappa shape index (κ3) is 4.83. The molecule has 2 aromatic rings. The van der Waals surface area contributed by atoms with Crippen LogP contribution >= 0.6 is 0 Å². The van der Waals surface area contributed by atoms with Crippen molar-refractivity contribution in [3.05, 3.63) is 53.1 Å². The minimum Gasteiger partial charge on any atom is -0.497 e. The summed E-state index contributed by atoms with van der Waals surface area (Å²) >= 11 is 0. The maximum Gasteiger partial charge on any atom is 0.133 e. The smallest absolute Gasteiger partial charge is 0.133 e. The van der Waals surface area contributed by atoms with Gasteiger partial charge in [-0.05, 0) is 30.7 Å². The van der Waals surface area contributed by atoms with Crippen LogP contribution in [0.5, 0.6) is 5.75 Å². The van der Waals surface area contributed by atoms with Gasteiger partial charge in [-0.15, -0.1) is 0 Å². The van der Waals surface area contributed by atoms with Gasteiger partial charge in [-0.1, -0.05) is 26.0 Å². The van der Waals surface area contributed by atoms with Gasteiger partial charge in [-0.3, -0.25) is 0 Å². The number of nitrogens with one attached hydrogen (secondary N) is 1. The number of aryl methyl sites for hydroxylation is 1. The zero-order chi connectivity index (χ0) is 15.2. The van der Waals surface area contributed by atoms with E-state index in [9.17, 15) is 0 Å². The number of hydrogen-bond acceptors (Lipinski definition) is 4. The molecule has 0 aliphatic heterocycles. The van der Waals surface area contributed by atoms with E-state index in [-0.39, 0.29) is 0 Å². The van der Waals surface area contributed by atoms with Crippen molar-refractivity contribution >= 4 is 0 Å². The first-order valence-electron chi connectivity index (χ1n) is 7.26. The summed E-state index contributed by atoms with van der Waals surface area (Å²) in [5.41, 5.74) is 3.19. The number of rotatable bonds is 6. The molecule has 0 radical (unpaired) electrons.